The van der Waals surface area contributed by atoms with Crippen LogP contribution >= 0.6 is 0 Å². The third kappa shape index (κ3) is 4.10. The van der Waals surface area contributed by atoms with Crippen molar-refractivity contribution in [2.75, 3.05) is 11.9 Å². The van der Waals surface area contributed by atoms with Gasteiger partial charge in [-0.1, -0.05) is 23.3 Å². The SMILES string of the molecule is CCn1c(Oc2ccc3c(c2)NCC3)nnc1[C@@H](C)NS(=O)(=O)c1ccccc1C#N. The Morgan fingerprint density at radius 2 is 2.10 bits per heavy atom. The summed E-state index contributed by atoms with van der Waals surface area (Å²) < 4.78 is 35.9. The molecule has 0 spiro atoms. The largest absolute Gasteiger partial charge is 0.424 e. The fourth-order valence-corrected chi connectivity index (χ4v) is 4.93. The fraction of sp³-hybridized carbons (Fsp3) is 0.286. The second kappa shape index (κ2) is 8.37. The van der Waals surface area contributed by atoms with Crippen molar-refractivity contribution >= 4 is 15.7 Å². The number of sulfonamides is 1. The van der Waals surface area contributed by atoms with Crippen molar-refractivity contribution in [3.63, 3.8) is 0 Å². The number of benzene rings is 2. The average molecular weight is 439 g/mol. The maximum absolute atomic E-state index is 12.8. The van der Waals surface area contributed by atoms with Crippen molar-refractivity contribution in [2.24, 2.45) is 0 Å². The van der Waals surface area contributed by atoms with Gasteiger partial charge in [-0.15, -0.1) is 5.10 Å². The van der Waals surface area contributed by atoms with Crippen molar-refractivity contribution in [1.29, 1.82) is 5.26 Å². The molecule has 0 aliphatic carbocycles. The highest BCUT2D eigenvalue weighted by Gasteiger charge is 2.26. The van der Waals surface area contributed by atoms with Gasteiger partial charge in [-0.05, 0) is 44.0 Å². The number of fused-ring (bicyclic) bond motifs is 1. The van der Waals surface area contributed by atoms with Crippen LogP contribution in [0.2, 0.25) is 0 Å². The molecule has 1 aliphatic heterocycles. The van der Waals surface area contributed by atoms with E-state index in [-0.39, 0.29) is 16.5 Å². The van der Waals surface area contributed by atoms with E-state index in [0.29, 0.717) is 18.1 Å². The Morgan fingerprint density at radius 3 is 2.87 bits per heavy atom. The van der Waals surface area contributed by atoms with Crippen LogP contribution in [0.15, 0.2) is 47.4 Å². The van der Waals surface area contributed by atoms with Gasteiger partial charge < -0.3 is 10.1 Å². The Balaban J connectivity index is 1.57. The van der Waals surface area contributed by atoms with Gasteiger partial charge in [0.2, 0.25) is 10.0 Å². The summed E-state index contributed by atoms with van der Waals surface area (Å²) in [6.45, 7) is 4.96. The number of hydrogen-bond acceptors (Lipinski definition) is 7. The highest BCUT2D eigenvalue weighted by atomic mass is 32.2. The van der Waals surface area contributed by atoms with E-state index in [0.717, 1.165) is 18.7 Å². The van der Waals surface area contributed by atoms with Gasteiger partial charge in [0.05, 0.1) is 16.5 Å². The summed E-state index contributed by atoms with van der Waals surface area (Å²) in [5.41, 5.74) is 2.36. The molecule has 0 saturated carbocycles. The first kappa shape index (κ1) is 20.8. The van der Waals surface area contributed by atoms with Gasteiger partial charge in [0.1, 0.15) is 11.8 Å². The Morgan fingerprint density at radius 1 is 1.29 bits per heavy atom. The first-order valence-corrected chi connectivity index (χ1v) is 11.4. The van der Waals surface area contributed by atoms with E-state index < -0.39 is 16.1 Å². The predicted octanol–water partition coefficient (Wildman–Crippen LogP) is 2.97. The quantitative estimate of drug-likeness (QED) is 0.581. The van der Waals surface area contributed by atoms with Gasteiger partial charge in [-0.25, -0.2) is 13.1 Å². The topological polar surface area (TPSA) is 122 Å². The van der Waals surface area contributed by atoms with Crippen LogP contribution < -0.4 is 14.8 Å². The zero-order chi connectivity index (χ0) is 22.0. The number of nitriles is 1. The molecule has 2 N–H and O–H groups in total. The lowest BCUT2D eigenvalue weighted by Gasteiger charge is -2.16. The molecule has 9 nitrogen and oxygen atoms in total. The van der Waals surface area contributed by atoms with Crippen LogP contribution in [0, 0.1) is 11.3 Å². The lowest BCUT2D eigenvalue weighted by molar-refractivity contribution is 0.408. The first-order valence-electron chi connectivity index (χ1n) is 9.92. The number of nitrogens with one attached hydrogen (secondary N) is 2. The summed E-state index contributed by atoms with van der Waals surface area (Å²) in [4.78, 5) is -0.0750. The maximum Gasteiger partial charge on any atom is 0.322 e. The van der Waals surface area contributed by atoms with Gasteiger partial charge in [-0.3, -0.25) is 4.57 Å². The van der Waals surface area contributed by atoms with E-state index in [9.17, 15) is 13.7 Å². The normalized spacial score (nSPS) is 13.8. The molecule has 2 aromatic carbocycles. The van der Waals surface area contributed by atoms with Crippen molar-refractivity contribution in [3.8, 4) is 17.8 Å². The number of rotatable bonds is 7. The second-order valence-electron chi connectivity index (χ2n) is 7.13. The van der Waals surface area contributed by atoms with Gasteiger partial charge in [0.15, 0.2) is 5.82 Å². The summed E-state index contributed by atoms with van der Waals surface area (Å²) >= 11 is 0. The Labute approximate surface area is 180 Å². The van der Waals surface area contributed by atoms with Crippen LogP contribution in [0.3, 0.4) is 0 Å². The smallest absolute Gasteiger partial charge is 0.322 e. The van der Waals surface area contributed by atoms with Crippen molar-refractivity contribution in [2.45, 2.75) is 37.8 Å². The Kier molecular flexibility index (Phi) is 5.63. The van der Waals surface area contributed by atoms with E-state index >= 15 is 0 Å². The Bertz CT molecular complexity index is 1260. The van der Waals surface area contributed by atoms with Crippen LogP contribution in [0.4, 0.5) is 5.69 Å². The molecule has 0 radical (unpaired) electrons. The molecule has 10 heteroatoms. The predicted molar refractivity (Wildman–Crippen MR) is 114 cm³/mol. The van der Waals surface area contributed by atoms with E-state index in [2.05, 4.69) is 20.2 Å². The van der Waals surface area contributed by atoms with Crippen molar-refractivity contribution in [3.05, 3.63) is 59.4 Å². The van der Waals surface area contributed by atoms with Crippen LogP contribution in [0.5, 0.6) is 11.8 Å². The molecule has 160 valence electrons. The minimum absolute atomic E-state index is 0.0750. The van der Waals surface area contributed by atoms with Crippen LogP contribution in [0.25, 0.3) is 0 Å². The van der Waals surface area contributed by atoms with Crippen molar-refractivity contribution in [1.82, 2.24) is 19.5 Å². The lowest BCUT2D eigenvalue weighted by atomic mass is 10.2. The minimum Gasteiger partial charge on any atom is -0.424 e. The maximum atomic E-state index is 12.8. The zero-order valence-corrected chi connectivity index (χ0v) is 18.0. The van der Waals surface area contributed by atoms with Gasteiger partial charge in [-0.2, -0.15) is 5.26 Å². The van der Waals surface area contributed by atoms with Gasteiger partial charge in [0, 0.05) is 24.8 Å². The highest BCUT2D eigenvalue weighted by Crippen LogP contribution is 2.30. The molecular formula is C21H22N6O3S. The number of anilines is 1. The second-order valence-corrected chi connectivity index (χ2v) is 8.82. The van der Waals surface area contributed by atoms with Crippen molar-refractivity contribution < 1.29 is 13.2 Å². The number of hydrogen-bond donors (Lipinski definition) is 2. The molecule has 0 unspecified atom stereocenters. The minimum atomic E-state index is -3.93. The summed E-state index contributed by atoms with van der Waals surface area (Å²) in [5, 5.41) is 20.8. The molecule has 1 atom stereocenters. The molecule has 4 rings (SSSR count). The molecule has 0 amide bonds. The summed E-state index contributed by atoms with van der Waals surface area (Å²) in [7, 11) is -3.93. The zero-order valence-electron chi connectivity index (χ0n) is 17.2. The molecular weight excluding hydrogens is 416 g/mol. The first-order chi connectivity index (χ1) is 14.9. The molecule has 1 aliphatic rings. The third-order valence-electron chi connectivity index (χ3n) is 5.08. The average Bonchev–Trinajstić information content (AvgIpc) is 3.39. The van der Waals surface area contributed by atoms with Crippen LogP contribution in [-0.2, 0) is 23.0 Å². The molecule has 2 heterocycles. The van der Waals surface area contributed by atoms with Crippen LogP contribution in [-0.4, -0.2) is 29.7 Å². The number of aromatic nitrogens is 3. The summed E-state index contributed by atoms with van der Waals surface area (Å²) in [5.74, 6) is 1.03. The molecule has 0 bridgehead atoms. The van der Waals surface area contributed by atoms with E-state index in [1.807, 2.05) is 31.2 Å². The Hall–Kier alpha value is -3.42. The van der Waals surface area contributed by atoms with E-state index in [4.69, 9.17) is 4.74 Å². The highest BCUT2D eigenvalue weighted by molar-refractivity contribution is 7.89. The monoisotopic (exact) mass is 438 g/mol. The summed E-state index contributed by atoms with van der Waals surface area (Å²) in [6, 6.07) is 13.4. The standard InChI is InChI=1S/C21H22N6O3S/c1-3-27-20(14(2)26-31(28,29)19-7-5-4-6-16(19)13-22)24-25-21(27)30-17-9-8-15-10-11-23-18(15)12-17/h4-9,12,14,23,26H,3,10-11H2,1-2H3/t14-/m1/s1. The lowest BCUT2D eigenvalue weighted by Crippen LogP contribution is -2.29. The molecule has 1 aromatic heterocycles. The molecule has 3 aromatic rings. The van der Waals surface area contributed by atoms with E-state index in [1.54, 1.807) is 23.6 Å². The van der Waals surface area contributed by atoms with E-state index in [1.165, 1.54) is 17.7 Å². The number of nitrogens with zero attached hydrogens (tertiary/aromatic N) is 4. The molecule has 0 saturated heterocycles. The van der Waals surface area contributed by atoms with Gasteiger partial charge >= 0.3 is 6.01 Å². The number of ether oxygens (including phenoxy) is 1. The molecule has 31 heavy (non-hydrogen) atoms. The molecule has 0 fully saturated rings. The van der Waals surface area contributed by atoms with Crippen LogP contribution in [0.1, 0.15) is 36.8 Å². The summed E-state index contributed by atoms with van der Waals surface area (Å²) in [6.07, 6.45) is 0.984. The fourth-order valence-electron chi connectivity index (χ4n) is 3.57. The third-order valence-corrected chi connectivity index (χ3v) is 6.68. The van der Waals surface area contributed by atoms with Gasteiger partial charge in [0.25, 0.3) is 0 Å².